The lowest BCUT2D eigenvalue weighted by atomic mass is 10.1. The highest BCUT2D eigenvalue weighted by atomic mass is 16.2. The van der Waals surface area contributed by atoms with Crippen LogP contribution in [0.15, 0.2) is 54.6 Å². The Morgan fingerprint density at radius 2 is 1.52 bits per heavy atom. The molecule has 0 spiro atoms. The quantitative estimate of drug-likeness (QED) is 0.619. The number of nitrogens with zero attached hydrogens (tertiary/aromatic N) is 3. The topological polar surface area (TPSA) is 87.2 Å². The lowest BCUT2D eigenvalue weighted by molar-refractivity contribution is 0.101. The van der Waals surface area contributed by atoms with Gasteiger partial charge >= 0.3 is 0 Å². The molecule has 0 bridgehead atoms. The SMILES string of the molecule is CC(=O)c1ccc(Nc2cc(C(=O)Nc3ccc(N(C)C)cc3)nc(C)n2)cc1. The number of nitrogens with one attached hydrogen (secondary N) is 2. The molecule has 0 aliphatic carbocycles. The number of hydrogen-bond donors (Lipinski definition) is 2. The van der Waals surface area contributed by atoms with Gasteiger partial charge in [0.15, 0.2) is 5.78 Å². The van der Waals surface area contributed by atoms with Gasteiger partial charge in [-0.2, -0.15) is 0 Å². The van der Waals surface area contributed by atoms with Crippen LogP contribution in [0.25, 0.3) is 0 Å². The molecule has 0 saturated heterocycles. The summed E-state index contributed by atoms with van der Waals surface area (Å²) in [7, 11) is 3.92. The highest BCUT2D eigenvalue weighted by molar-refractivity contribution is 6.03. The second kappa shape index (κ2) is 8.52. The van der Waals surface area contributed by atoms with Crippen LogP contribution >= 0.6 is 0 Å². The Hall–Kier alpha value is -3.74. The number of Topliss-reactive ketones (excluding diaryl/α,β-unsaturated/α-hetero) is 1. The lowest BCUT2D eigenvalue weighted by Gasteiger charge is -2.13. The highest BCUT2D eigenvalue weighted by Crippen LogP contribution is 2.19. The Kier molecular flexibility index (Phi) is 5.87. The minimum Gasteiger partial charge on any atom is -0.378 e. The maximum atomic E-state index is 12.6. The molecule has 1 amide bonds. The summed E-state index contributed by atoms with van der Waals surface area (Å²) in [5, 5.41) is 5.99. The molecule has 0 aliphatic rings. The number of aromatic nitrogens is 2. The molecule has 3 aromatic rings. The molecule has 0 fully saturated rings. The number of anilines is 4. The number of carbonyl (C=O) groups is 2. The summed E-state index contributed by atoms with van der Waals surface area (Å²) in [5.74, 6) is 0.666. The maximum absolute atomic E-state index is 12.6. The first-order valence-electron chi connectivity index (χ1n) is 9.14. The highest BCUT2D eigenvalue weighted by Gasteiger charge is 2.12. The fourth-order valence-electron chi connectivity index (χ4n) is 2.72. The number of rotatable bonds is 6. The van der Waals surface area contributed by atoms with Crippen molar-refractivity contribution in [2.24, 2.45) is 0 Å². The zero-order valence-corrected chi connectivity index (χ0v) is 16.9. The standard InChI is InChI=1S/C22H23N5O2/c1-14(28)16-5-7-17(8-6-16)25-21-13-20(23-15(2)24-21)22(29)26-18-9-11-19(12-10-18)27(3)4/h5-13H,1-4H3,(H,26,29)(H,23,24,25). The van der Waals surface area contributed by atoms with E-state index in [9.17, 15) is 9.59 Å². The first-order chi connectivity index (χ1) is 13.8. The molecule has 0 atom stereocenters. The van der Waals surface area contributed by atoms with Crippen LogP contribution in [0, 0.1) is 6.92 Å². The van der Waals surface area contributed by atoms with Gasteiger partial charge in [0.05, 0.1) is 0 Å². The third-order valence-electron chi connectivity index (χ3n) is 4.28. The Bertz CT molecular complexity index is 1030. The van der Waals surface area contributed by atoms with E-state index in [1.807, 2.05) is 43.3 Å². The lowest BCUT2D eigenvalue weighted by Crippen LogP contribution is -2.15. The van der Waals surface area contributed by atoms with Crippen LogP contribution in [-0.4, -0.2) is 35.8 Å². The van der Waals surface area contributed by atoms with E-state index in [1.165, 1.54) is 6.92 Å². The monoisotopic (exact) mass is 389 g/mol. The second-order valence-corrected chi connectivity index (χ2v) is 6.84. The summed E-state index contributed by atoms with van der Waals surface area (Å²) in [6.45, 7) is 3.25. The van der Waals surface area contributed by atoms with Crippen LogP contribution in [0.5, 0.6) is 0 Å². The van der Waals surface area contributed by atoms with Crippen molar-refractivity contribution in [3.63, 3.8) is 0 Å². The van der Waals surface area contributed by atoms with E-state index in [4.69, 9.17) is 0 Å². The van der Waals surface area contributed by atoms with Gasteiger partial charge in [0.2, 0.25) is 0 Å². The van der Waals surface area contributed by atoms with Crippen molar-refractivity contribution in [1.82, 2.24) is 9.97 Å². The average molecular weight is 389 g/mol. The van der Waals surface area contributed by atoms with Crippen molar-refractivity contribution >= 4 is 34.6 Å². The van der Waals surface area contributed by atoms with Gasteiger partial charge in [0.1, 0.15) is 17.3 Å². The fourth-order valence-corrected chi connectivity index (χ4v) is 2.72. The molecule has 29 heavy (non-hydrogen) atoms. The van der Waals surface area contributed by atoms with Crippen molar-refractivity contribution in [1.29, 1.82) is 0 Å². The van der Waals surface area contributed by atoms with E-state index >= 15 is 0 Å². The largest absolute Gasteiger partial charge is 0.378 e. The molecule has 1 heterocycles. The van der Waals surface area contributed by atoms with Crippen LogP contribution in [-0.2, 0) is 0 Å². The minimum atomic E-state index is -0.317. The Morgan fingerprint density at radius 1 is 0.897 bits per heavy atom. The minimum absolute atomic E-state index is 0.00648. The molecule has 0 aliphatic heterocycles. The van der Waals surface area contributed by atoms with Crippen LogP contribution in [0.3, 0.4) is 0 Å². The molecule has 148 valence electrons. The van der Waals surface area contributed by atoms with E-state index in [0.717, 1.165) is 11.4 Å². The van der Waals surface area contributed by atoms with Gasteiger partial charge in [-0.1, -0.05) is 0 Å². The van der Waals surface area contributed by atoms with Gasteiger partial charge in [-0.15, -0.1) is 0 Å². The van der Waals surface area contributed by atoms with Gasteiger partial charge in [-0.3, -0.25) is 9.59 Å². The molecule has 0 unspecified atom stereocenters. The summed E-state index contributed by atoms with van der Waals surface area (Å²) in [4.78, 5) is 34.6. The zero-order chi connectivity index (χ0) is 21.0. The van der Waals surface area contributed by atoms with Gasteiger partial charge in [-0.05, 0) is 62.4 Å². The molecule has 0 saturated carbocycles. The van der Waals surface area contributed by atoms with Gasteiger partial charge < -0.3 is 15.5 Å². The van der Waals surface area contributed by atoms with Crippen molar-refractivity contribution < 1.29 is 9.59 Å². The first-order valence-corrected chi connectivity index (χ1v) is 9.14. The number of ketones is 1. The normalized spacial score (nSPS) is 10.3. The van der Waals surface area contributed by atoms with Gasteiger partial charge in [0, 0.05) is 42.8 Å². The Morgan fingerprint density at radius 3 is 2.10 bits per heavy atom. The zero-order valence-electron chi connectivity index (χ0n) is 16.9. The Labute approximate surface area is 169 Å². The molecular weight excluding hydrogens is 366 g/mol. The van der Waals surface area contributed by atoms with E-state index in [0.29, 0.717) is 22.9 Å². The second-order valence-electron chi connectivity index (χ2n) is 6.84. The Balaban J connectivity index is 1.75. The van der Waals surface area contributed by atoms with E-state index < -0.39 is 0 Å². The molecule has 7 nitrogen and oxygen atoms in total. The fraction of sp³-hybridized carbons (Fsp3) is 0.182. The number of amides is 1. The number of benzene rings is 2. The van der Waals surface area contributed by atoms with E-state index in [2.05, 4.69) is 20.6 Å². The smallest absolute Gasteiger partial charge is 0.274 e. The summed E-state index contributed by atoms with van der Waals surface area (Å²) >= 11 is 0. The predicted molar refractivity (Wildman–Crippen MR) is 115 cm³/mol. The molecule has 7 heteroatoms. The molecule has 3 rings (SSSR count). The van der Waals surface area contributed by atoms with Crippen LogP contribution < -0.4 is 15.5 Å². The van der Waals surface area contributed by atoms with Crippen LogP contribution in [0.4, 0.5) is 22.9 Å². The number of hydrogen-bond acceptors (Lipinski definition) is 6. The number of aryl methyl sites for hydroxylation is 1. The van der Waals surface area contributed by atoms with Crippen molar-refractivity contribution in [3.05, 3.63) is 71.7 Å². The van der Waals surface area contributed by atoms with Gasteiger partial charge in [0.25, 0.3) is 5.91 Å². The summed E-state index contributed by atoms with van der Waals surface area (Å²) in [6, 6.07) is 16.2. The molecular formula is C22H23N5O2. The predicted octanol–water partition coefficient (Wildman–Crippen LogP) is 4.05. The summed E-state index contributed by atoms with van der Waals surface area (Å²) in [5.41, 5.74) is 3.39. The van der Waals surface area contributed by atoms with E-state index in [-0.39, 0.29) is 17.4 Å². The van der Waals surface area contributed by atoms with Crippen molar-refractivity contribution in [2.45, 2.75) is 13.8 Å². The van der Waals surface area contributed by atoms with Crippen LogP contribution in [0.2, 0.25) is 0 Å². The third kappa shape index (κ3) is 5.16. The van der Waals surface area contributed by atoms with Crippen molar-refractivity contribution in [3.8, 4) is 0 Å². The molecule has 2 aromatic carbocycles. The van der Waals surface area contributed by atoms with Gasteiger partial charge in [-0.25, -0.2) is 9.97 Å². The molecule has 0 radical (unpaired) electrons. The average Bonchev–Trinajstić information content (AvgIpc) is 2.68. The van der Waals surface area contributed by atoms with Crippen LogP contribution in [0.1, 0.15) is 33.6 Å². The molecule has 2 N–H and O–H groups in total. The summed E-state index contributed by atoms with van der Waals surface area (Å²) < 4.78 is 0. The molecule has 1 aromatic heterocycles. The third-order valence-corrected chi connectivity index (χ3v) is 4.28. The first kappa shape index (κ1) is 20.0. The van der Waals surface area contributed by atoms with Crippen molar-refractivity contribution in [2.75, 3.05) is 29.6 Å². The summed E-state index contributed by atoms with van der Waals surface area (Å²) in [6.07, 6.45) is 0. The van der Waals surface area contributed by atoms with E-state index in [1.54, 1.807) is 37.3 Å². The maximum Gasteiger partial charge on any atom is 0.274 e. The number of carbonyl (C=O) groups excluding carboxylic acids is 2.